The first kappa shape index (κ1) is 19.9. The number of hydrogen-bond acceptors (Lipinski definition) is 5. The van der Waals surface area contributed by atoms with E-state index in [1.165, 1.54) is 49.4 Å². The van der Waals surface area contributed by atoms with Crippen LogP contribution in [0.15, 0.2) is 38.9 Å². The van der Waals surface area contributed by atoms with Gasteiger partial charge in [0.15, 0.2) is 0 Å². The first-order chi connectivity index (χ1) is 12.8. The van der Waals surface area contributed by atoms with Crippen molar-refractivity contribution in [3.05, 3.63) is 61.9 Å². The first-order valence-electron chi connectivity index (χ1n) is 9.18. The van der Waals surface area contributed by atoms with Crippen LogP contribution in [0.5, 0.6) is 0 Å². The molecule has 1 aromatic heterocycles. The van der Waals surface area contributed by atoms with Crippen LogP contribution in [0.3, 0.4) is 0 Å². The fourth-order valence-electron chi connectivity index (χ4n) is 3.76. The van der Waals surface area contributed by atoms with Crippen molar-refractivity contribution < 1.29 is 10.2 Å². The van der Waals surface area contributed by atoms with Gasteiger partial charge in [-0.2, -0.15) is 0 Å². The summed E-state index contributed by atoms with van der Waals surface area (Å²) in [7, 11) is 0. The molecule has 7 heteroatoms. The van der Waals surface area contributed by atoms with Crippen molar-refractivity contribution in [2.75, 3.05) is 13.2 Å². The van der Waals surface area contributed by atoms with Gasteiger partial charge in [-0.05, 0) is 73.4 Å². The summed E-state index contributed by atoms with van der Waals surface area (Å²) in [6.45, 7) is 6.19. The number of aryl methyl sites for hydroxylation is 2. The Kier molecular flexibility index (Phi) is 5.65. The molecule has 1 unspecified atom stereocenters. The van der Waals surface area contributed by atoms with Gasteiger partial charge >= 0.3 is 5.69 Å². The van der Waals surface area contributed by atoms with Crippen LogP contribution < -0.4 is 11.2 Å². The Morgan fingerprint density at radius 3 is 2.33 bits per heavy atom. The van der Waals surface area contributed by atoms with Gasteiger partial charge in [0.1, 0.15) is 0 Å². The Labute approximate surface area is 162 Å². The highest BCUT2D eigenvalue weighted by Crippen LogP contribution is 2.52. The summed E-state index contributed by atoms with van der Waals surface area (Å²) in [6.07, 6.45) is 3.08. The molecule has 1 aliphatic carbocycles. The Balaban J connectivity index is 1.88. The van der Waals surface area contributed by atoms with Gasteiger partial charge in [-0.1, -0.05) is 6.92 Å². The predicted molar refractivity (Wildman–Crippen MR) is 106 cm³/mol. The molecule has 2 aromatic rings. The fourth-order valence-corrected chi connectivity index (χ4v) is 4.75. The molecule has 0 saturated heterocycles. The van der Waals surface area contributed by atoms with Crippen LogP contribution in [0.4, 0.5) is 0 Å². The zero-order valence-corrected chi connectivity index (χ0v) is 16.8. The Morgan fingerprint density at radius 1 is 1.19 bits per heavy atom. The molecule has 0 spiro atoms. The van der Waals surface area contributed by atoms with Gasteiger partial charge in [0.05, 0.1) is 13.2 Å². The van der Waals surface area contributed by atoms with Crippen LogP contribution in [-0.4, -0.2) is 32.0 Å². The predicted octanol–water partition coefficient (Wildman–Crippen LogP) is 1.74. The highest BCUT2D eigenvalue weighted by Gasteiger charge is 2.53. The lowest BCUT2D eigenvalue weighted by Gasteiger charge is -2.14. The SMILES string of the molecule is CCc1c(C)cc(Sn2ccc(=O)n(CC3CC3(CO)CO)c2=O)cc1C. The van der Waals surface area contributed by atoms with Crippen molar-refractivity contribution in [3.8, 4) is 0 Å². The number of aliphatic hydroxyl groups is 2. The molecule has 0 aliphatic heterocycles. The highest BCUT2D eigenvalue weighted by atomic mass is 32.2. The molecular formula is C20H26N2O4S. The van der Waals surface area contributed by atoms with Crippen LogP contribution in [-0.2, 0) is 13.0 Å². The van der Waals surface area contributed by atoms with Gasteiger partial charge in [0.25, 0.3) is 5.56 Å². The summed E-state index contributed by atoms with van der Waals surface area (Å²) >= 11 is 1.29. The molecule has 1 fully saturated rings. The normalized spacial score (nSPS) is 17.9. The number of aromatic nitrogens is 2. The summed E-state index contributed by atoms with van der Waals surface area (Å²) in [6, 6.07) is 5.50. The van der Waals surface area contributed by atoms with Crippen LogP contribution in [0, 0.1) is 25.2 Å². The molecule has 146 valence electrons. The second-order valence-corrected chi connectivity index (χ2v) is 8.48. The number of rotatable bonds is 7. The van der Waals surface area contributed by atoms with E-state index < -0.39 is 5.41 Å². The van der Waals surface area contributed by atoms with E-state index in [-0.39, 0.29) is 36.9 Å². The van der Waals surface area contributed by atoms with E-state index >= 15 is 0 Å². The van der Waals surface area contributed by atoms with Crippen molar-refractivity contribution in [1.82, 2.24) is 8.54 Å². The molecule has 27 heavy (non-hydrogen) atoms. The van der Waals surface area contributed by atoms with Crippen molar-refractivity contribution in [1.29, 1.82) is 0 Å². The van der Waals surface area contributed by atoms with Gasteiger partial charge in [0.2, 0.25) is 0 Å². The monoisotopic (exact) mass is 390 g/mol. The van der Waals surface area contributed by atoms with E-state index in [4.69, 9.17) is 0 Å². The lowest BCUT2D eigenvalue weighted by molar-refractivity contribution is 0.118. The lowest BCUT2D eigenvalue weighted by Crippen LogP contribution is -2.38. The number of nitrogens with zero attached hydrogens (tertiary/aromatic N) is 2. The third-order valence-corrected chi connectivity index (χ3v) is 6.58. The molecule has 0 bridgehead atoms. The van der Waals surface area contributed by atoms with E-state index in [2.05, 4.69) is 32.9 Å². The first-order valence-corrected chi connectivity index (χ1v) is 9.95. The average molecular weight is 391 g/mol. The minimum absolute atomic E-state index is 0.0629. The maximum absolute atomic E-state index is 12.8. The number of benzene rings is 1. The number of hydrogen-bond donors (Lipinski definition) is 2. The van der Waals surface area contributed by atoms with Gasteiger partial charge in [-0.25, -0.2) is 8.77 Å². The summed E-state index contributed by atoms with van der Waals surface area (Å²) in [5.41, 5.74) is 2.38. The van der Waals surface area contributed by atoms with E-state index in [1.807, 2.05) is 0 Å². The Morgan fingerprint density at radius 2 is 1.81 bits per heavy atom. The quantitative estimate of drug-likeness (QED) is 0.752. The molecule has 0 radical (unpaired) electrons. The molecule has 3 rings (SSSR count). The minimum atomic E-state index is -0.566. The highest BCUT2D eigenvalue weighted by molar-refractivity contribution is 7.97. The maximum Gasteiger partial charge on any atom is 0.341 e. The van der Waals surface area contributed by atoms with Crippen molar-refractivity contribution in [2.45, 2.75) is 45.1 Å². The topological polar surface area (TPSA) is 84.5 Å². The van der Waals surface area contributed by atoms with E-state index in [1.54, 1.807) is 0 Å². The summed E-state index contributed by atoms with van der Waals surface area (Å²) in [5.74, 6) is -0.0629. The molecule has 1 atom stereocenters. The van der Waals surface area contributed by atoms with Crippen molar-refractivity contribution in [2.24, 2.45) is 11.3 Å². The van der Waals surface area contributed by atoms with Gasteiger partial charge in [-0.3, -0.25) is 9.36 Å². The largest absolute Gasteiger partial charge is 0.396 e. The zero-order valence-electron chi connectivity index (χ0n) is 15.9. The molecular weight excluding hydrogens is 364 g/mol. The van der Waals surface area contributed by atoms with Crippen LogP contribution in [0.2, 0.25) is 0 Å². The molecule has 6 nitrogen and oxygen atoms in total. The summed E-state index contributed by atoms with van der Waals surface area (Å²) in [4.78, 5) is 26.0. The average Bonchev–Trinajstić information content (AvgIpc) is 3.34. The Hall–Kier alpha value is -1.83. The third kappa shape index (κ3) is 3.77. The van der Waals surface area contributed by atoms with Gasteiger partial charge in [-0.15, -0.1) is 0 Å². The van der Waals surface area contributed by atoms with E-state index in [0.29, 0.717) is 6.42 Å². The minimum Gasteiger partial charge on any atom is -0.396 e. The second-order valence-electron chi connectivity index (χ2n) is 7.43. The van der Waals surface area contributed by atoms with E-state index in [0.717, 1.165) is 11.3 Å². The lowest BCUT2D eigenvalue weighted by atomic mass is 10.0. The van der Waals surface area contributed by atoms with Crippen LogP contribution in [0.1, 0.15) is 30.0 Å². The second kappa shape index (κ2) is 7.66. The summed E-state index contributed by atoms with van der Waals surface area (Å²) in [5, 5.41) is 18.9. The summed E-state index contributed by atoms with van der Waals surface area (Å²) < 4.78 is 2.66. The molecule has 0 amide bonds. The van der Waals surface area contributed by atoms with Crippen LogP contribution in [0.25, 0.3) is 0 Å². The molecule has 1 aromatic carbocycles. The molecule has 1 aliphatic rings. The molecule has 1 saturated carbocycles. The maximum atomic E-state index is 12.8. The van der Waals surface area contributed by atoms with Gasteiger partial charge in [0, 0.05) is 29.1 Å². The third-order valence-electron chi connectivity index (χ3n) is 5.66. The standard InChI is InChI=1S/C20H26N2O4S/c1-4-17-13(2)7-16(8-14(17)3)27-22-6-5-18(25)21(19(22)26)10-15-9-20(15,11-23)12-24/h5-8,15,23-24H,4,9-12H2,1-3H3. The van der Waals surface area contributed by atoms with Crippen molar-refractivity contribution in [3.63, 3.8) is 0 Å². The smallest absolute Gasteiger partial charge is 0.341 e. The van der Waals surface area contributed by atoms with Crippen LogP contribution >= 0.6 is 11.9 Å². The van der Waals surface area contributed by atoms with Crippen molar-refractivity contribution >= 4 is 11.9 Å². The fraction of sp³-hybridized carbons (Fsp3) is 0.500. The molecule has 2 N–H and O–H groups in total. The zero-order chi connectivity index (χ0) is 19.8. The molecule has 1 heterocycles. The number of aliphatic hydroxyl groups excluding tert-OH is 2. The van der Waals surface area contributed by atoms with E-state index in [9.17, 15) is 19.8 Å². The Bertz CT molecular complexity index is 936. The van der Waals surface area contributed by atoms with Gasteiger partial charge < -0.3 is 10.2 Å².